The van der Waals surface area contributed by atoms with E-state index in [0.29, 0.717) is 6.61 Å². The Hall–Kier alpha value is -2.49. The maximum absolute atomic E-state index is 12.1. The molecule has 0 bridgehead atoms. The van der Waals surface area contributed by atoms with Crippen molar-refractivity contribution in [1.82, 2.24) is 0 Å². The molecule has 22 heavy (non-hydrogen) atoms. The fourth-order valence-electron chi connectivity index (χ4n) is 2.13. The number of hydrogen-bond acceptors (Lipinski definition) is 3. The van der Waals surface area contributed by atoms with Crippen LogP contribution in [0.4, 0.5) is 11.4 Å². The average Bonchev–Trinajstić information content (AvgIpc) is 2.51. The van der Waals surface area contributed by atoms with E-state index in [9.17, 15) is 4.79 Å². The second-order valence-electron chi connectivity index (χ2n) is 5.11. The van der Waals surface area contributed by atoms with Gasteiger partial charge in [0.25, 0.3) is 0 Å². The van der Waals surface area contributed by atoms with Gasteiger partial charge in [0.15, 0.2) is 0 Å². The van der Waals surface area contributed by atoms with Crippen LogP contribution in [0.5, 0.6) is 5.75 Å². The van der Waals surface area contributed by atoms with Crippen molar-refractivity contribution in [2.45, 2.75) is 20.8 Å². The van der Waals surface area contributed by atoms with Gasteiger partial charge in [-0.05, 0) is 50.1 Å². The maximum atomic E-state index is 12.1. The molecule has 0 aliphatic rings. The van der Waals surface area contributed by atoms with Gasteiger partial charge in [-0.3, -0.25) is 4.79 Å². The number of anilines is 2. The first-order valence-corrected chi connectivity index (χ1v) is 7.43. The van der Waals surface area contributed by atoms with Gasteiger partial charge in [-0.15, -0.1) is 0 Å². The van der Waals surface area contributed by atoms with Gasteiger partial charge in [-0.1, -0.05) is 18.2 Å². The number of carbonyl (C=O) groups excluding carboxylic acids is 1. The highest BCUT2D eigenvalue weighted by molar-refractivity contribution is 5.94. The Bertz CT molecular complexity index is 653. The molecule has 2 aromatic carbocycles. The fourth-order valence-corrected chi connectivity index (χ4v) is 2.13. The van der Waals surface area contributed by atoms with E-state index >= 15 is 0 Å². The van der Waals surface area contributed by atoms with Gasteiger partial charge in [0.2, 0.25) is 5.91 Å². The van der Waals surface area contributed by atoms with E-state index in [0.717, 1.165) is 28.3 Å². The molecule has 4 heteroatoms. The zero-order valence-corrected chi connectivity index (χ0v) is 13.3. The highest BCUT2D eigenvalue weighted by Crippen LogP contribution is 2.19. The molecule has 0 radical (unpaired) electrons. The zero-order chi connectivity index (χ0) is 15.9. The number of benzene rings is 2. The molecule has 0 unspecified atom stereocenters. The molecule has 2 rings (SSSR count). The van der Waals surface area contributed by atoms with Crippen LogP contribution in [0.3, 0.4) is 0 Å². The lowest BCUT2D eigenvalue weighted by Crippen LogP contribution is -2.22. The van der Waals surface area contributed by atoms with E-state index in [1.165, 1.54) is 0 Å². The summed E-state index contributed by atoms with van der Waals surface area (Å²) >= 11 is 0. The standard InChI is InChI=1S/C18H22N2O2/c1-4-22-16-9-6-8-15(11-16)19-12-18(21)20-17-10-5-7-13(2)14(17)3/h5-11,19H,4,12H2,1-3H3,(H,20,21). The van der Waals surface area contributed by atoms with Gasteiger partial charge in [0.05, 0.1) is 13.2 Å². The molecule has 0 saturated heterocycles. The molecule has 4 nitrogen and oxygen atoms in total. The number of hydrogen-bond donors (Lipinski definition) is 2. The topological polar surface area (TPSA) is 50.4 Å². The summed E-state index contributed by atoms with van der Waals surface area (Å²) in [4.78, 5) is 12.1. The predicted octanol–water partition coefficient (Wildman–Crippen LogP) is 3.75. The monoisotopic (exact) mass is 298 g/mol. The lowest BCUT2D eigenvalue weighted by atomic mass is 10.1. The average molecular weight is 298 g/mol. The van der Waals surface area contributed by atoms with E-state index in [-0.39, 0.29) is 12.5 Å². The molecule has 0 aliphatic carbocycles. The van der Waals surface area contributed by atoms with Crippen LogP contribution in [0.15, 0.2) is 42.5 Å². The van der Waals surface area contributed by atoms with Crippen molar-refractivity contribution in [3.8, 4) is 5.75 Å². The molecule has 116 valence electrons. The number of aryl methyl sites for hydroxylation is 1. The molecule has 1 amide bonds. The third-order valence-electron chi connectivity index (χ3n) is 3.48. The third-order valence-corrected chi connectivity index (χ3v) is 3.48. The Kier molecular flexibility index (Phi) is 5.42. The molecular weight excluding hydrogens is 276 g/mol. The summed E-state index contributed by atoms with van der Waals surface area (Å²) in [6.07, 6.45) is 0. The van der Waals surface area contributed by atoms with Crippen LogP contribution in [-0.4, -0.2) is 19.1 Å². The summed E-state index contributed by atoms with van der Waals surface area (Å²) < 4.78 is 5.44. The first-order valence-electron chi connectivity index (χ1n) is 7.43. The number of rotatable bonds is 6. The van der Waals surface area contributed by atoms with Gasteiger partial charge in [-0.25, -0.2) is 0 Å². The summed E-state index contributed by atoms with van der Waals surface area (Å²) in [5, 5.41) is 6.03. The van der Waals surface area contributed by atoms with Gasteiger partial charge in [0, 0.05) is 17.4 Å². The van der Waals surface area contributed by atoms with Crippen molar-refractivity contribution >= 4 is 17.3 Å². The molecule has 0 atom stereocenters. The van der Waals surface area contributed by atoms with Crippen molar-refractivity contribution in [2.75, 3.05) is 23.8 Å². The maximum Gasteiger partial charge on any atom is 0.243 e. The molecule has 0 heterocycles. The predicted molar refractivity (Wildman–Crippen MR) is 90.6 cm³/mol. The van der Waals surface area contributed by atoms with Crippen molar-refractivity contribution in [2.24, 2.45) is 0 Å². The largest absolute Gasteiger partial charge is 0.494 e. The summed E-state index contributed by atoms with van der Waals surface area (Å²) in [7, 11) is 0. The van der Waals surface area contributed by atoms with E-state index in [1.54, 1.807) is 0 Å². The number of carbonyl (C=O) groups is 1. The Balaban J connectivity index is 1.93. The summed E-state index contributed by atoms with van der Waals surface area (Å²) in [6.45, 7) is 6.81. The van der Waals surface area contributed by atoms with Gasteiger partial charge in [-0.2, -0.15) is 0 Å². The molecule has 0 saturated carbocycles. The van der Waals surface area contributed by atoms with E-state index in [4.69, 9.17) is 4.74 Å². The Morgan fingerprint density at radius 3 is 2.68 bits per heavy atom. The van der Waals surface area contributed by atoms with E-state index in [1.807, 2.05) is 63.2 Å². The highest BCUT2D eigenvalue weighted by atomic mass is 16.5. The van der Waals surface area contributed by atoms with Crippen LogP contribution >= 0.6 is 0 Å². The van der Waals surface area contributed by atoms with Crippen LogP contribution in [0.25, 0.3) is 0 Å². The van der Waals surface area contributed by atoms with Gasteiger partial charge < -0.3 is 15.4 Å². The molecular formula is C18H22N2O2. The minimum absolute atomic E-state index is 0.0736. The fraction of sp³-hybridized carbons (Fsp3) is 0.278. The van der Waals surface area contributed by atoms with E-state index < -0.39 is 0 Å². The lowest BCUT2D eigenvalue weighted by Gasteiger charge is -2.12. The lowest BCUT2D eigenvalue weighted by molar-refractivity contribution is -0.114. The SMILES string of the molecule is CCOc1cccc(NCC(=O)Nc2cccc(C)c2C)c1. The zero-order valence-electron chi connectivity index (χ0n) is 13.3. The molecule has 0 aromatic heterocycles. The number of nitrogens with one attached hydrogen (secondary N) is 2. The molecule has 0 fully saturated rings. The smallest absolute Gasteiger partial charge is 0.243 e. The summed E-state index contributed by atoms with van der Waals surface area (Å²) in [5.74, 6) is 0.720. The Morgan fingerprint density at radius 2 is 1.91 bits per heavy atom. The van der Waals surface area contributed by atoms with Gasteiger partial charge in [0.1, 0.15) is 5.75 Å². The Morgan fingerprint density at radius 1 is 1.14 bits per heavy atom. The minimum atomic E-state index is -0.0736. The second-order valence-corrected chi connectivity index (χ2v) is 5.11. The van der Waals surface area contributed by atoms with Crippen molar-refractivity contribution in [3.63, 3.8) is 0 Å². The summed E-state index contributed by atoms with van der Waals surface area (Å²) in [5.41, 5.74) is 3.97. The first kappa shape index (κ1) is 15.9. The quantitative estimate of drug-likeness (QED) is 0.854. The highest BCUT2D eigenvalue weighted by Gasteiger charge is 2.06. The molecule has 2 aromatic rings. The third kappa shape index (κ3) is 4.25. The molecule has 0 spiro atoms. The first-order chi connectivity index (χ1) is 10.6. The van der Waals surface area contributed by atoms with Crippen molar-refractivity contribution < 1.29 is 9.53 Å². The number of amides is 1. The van der Waals surface area contributed by atoms with Crippen LogP contribution in [0.2, 0.25) is 0 Å². The van der Waals surface area contributed by atoms with Crippen LogP contribution in [0.1, 0.15) is 18.1 Å². The molecule has 0 aliphatic heterocycles. The number of ether oxygens (including phenoxy) is 1. The van der Waals surface area contributed by atoms with Crippen LogP contribution in [0, 0.1) is 13.8 Å². The summed E-state index contributed by atoms with van der Waals surface area (Å²) in [6, 6.07) is 13.5. The van der Waals surface area contributed by atoms with Crippen LogP contribution in [-0.2, 0) is 4.79 Å². The van der Waals surface area contributed by atoms with Crippen molar-refractivity contribution in [3.05, 3.63) is 53.6 Å². The van der Waals surface area contributed by atoms with Gasteiger partial charge >= 0.3 is 0 Å². The minimum Gasteiger partial charge on any atom is -0.494 e. The molecule has 2 N–H and O–H groups in total. The second kappa shape index (κ2) is 7.50. The normalized spacial score (nSPS) is 10.1. The Labute approximate surface area is 131 Å². The van der Waals surface area contributed by atoms with Crippen LogP contribution < -0.4 is 15.4 Å². The van der Waals surface area contributed by atoms with Crippen molar-refractivity contribution in [1.29, 1.82) is 0 Å². The van der Waals surface area contributed by atoms with E-state index in [2.05, 4.69) is 10.6 Å².